The van der Waals surface area contributed by atoms with Crippen LogP contribution in [-0.2, 0) is 4.79 Å². The van der Waals surface area contributed by atoms with Crippen LogP contribution in [0.15, 0.2) is 12.4 Å². The topological polar surface area (TPSA) is 64.6 Å². The molecule has 144 valence electrons. The van der Waals surface area contributed by atoms with Crippen LogP contribution in [0.5, 0.6) is 0 Å². The van der Waals surface area contributed by atoms with Gasteiger partial charge >= 0.3 is 0 Å². The van der Waals surface area contributed by atoms with E-state index in [-0.39, 0.29) is 5.91 Å². The van der Waals surface area contributed by atoms with Crippen molar-refractivity contribution < 1.29 is 4.79 Å². The number of nitrogens with zero attached hydrogens (tertiary/aromatic N) is 5. The summed E-state index contributed by atoms with van der Waals surface area (Å²) >= 11 is 0. The maximum atomic E-state index is 11.6. The molecule has 2 aliphatic rings. The van der Waals surface area contributed by atoms with Crippen molar-refractivity contribution >= 4 is 17.5 Å². The number of piperidine rings is 2. The predicted octanol–water partition coefficient (Wildman–Crippen LogP) is 1.68. The van der Waals surface area contributed by atoms with Gasteiger partial charge in [-0.2, -0.15) is 0 Å². The molecule has 1 aromatic heterocycles. The molecular formula is C19H32N6O. The third-order valence-corrected chi connectivity index (χ3v) is 5.53. The minimum Gasteiger partial charge on any atom is -0.367 e. The molecule has 2 saturated heterocycles. The smallest absolute Gasteiger partial charge is 0.219 e. The summed E-state index contributed by atoms with van der Waals surface area (Å²) in [6.07, 6.45) is 6.27. The molecule has 1 atom stereocenters. The van der Waals surface area contributed by atoms with E-state index in [9.17, 15) is 4.79 Å². The van der Waals surface area contributed by atoms with Crippen LogP contribution >= 0.6 is 0 Å². The molecule has 3 rings (SSSR count). The fourth-order valence-electron chi connectivity index (χ4n) is 4.00. The lowest BCUT2D eigenvalue weighted by molar-refractivity contribution is -0.130. The Labute approximate surface area is 156 Å². The number of carbonyl (C=O) groups excluding carboxylic acids is 1. The fraction of sp³-hybridized carbons (Fsp3) is 0.737. The van der Waals surface area contributed by atoms with Gasteiger partial charge in [-0.25, -0.2) is 9.97 Å². The van der Waals surface area contributed by atoms with Gasteiger partial charge in [0.2, 0.25) is 5.91 Å². The molecule has 2 fully saturated rings. The van der Waals surface area contributed by atoms with Gasteiger partial charge in [0.15, 0.2) is 0 Å². The average Bonchev–Trinajstić information content (AvgIpc) is 2.64. The van der Waals surface area contributed by atoms with E-state index >= 15 is 0 Å². The summed E-state index contributed by atoms with van der Waals surface area (Å²) in [4.78, 5) is 26.8. The summed E-state index contributed by atoms with van der Waals surface area (Å²) in [6, 6.07) is 2.47. The maximum absolute atomic E-state index is 11.6. The van der Waals surface area contributed by atoms with E-state index in [0.29, 0.717) is 12.0 Å². The van der Waals surface area contributed by atoms with Gasteiger partial charge in [-0.15, -0.1) is 0 Å². The lowest BCUT2D eigenvalue weighted by Gasteiger charge is -2.38. The van der Waals surface area contributed by atoms with E-state index in [1.54, 1.807) is 13.3 Å². The van der Waals surface area contributed by atoms with E-state index in [2.05, 4.69) is 20.2 Å². The summed E-state index contributed by atoms with van der Waals surface area (Å²) < 4.78 is 0. The number of nitrogens with one attached hydrogen (secondary N) is 1. The number of hydrogen-bond acceptors (Lipinski definition) is 6. The Morgan fingerprint density at radius 1 is 1.23 bits per heavy atom. The minimum absolute atomic E-state index is 0.222. The molecular weight excluding hydrogens is 328 g/mol. The van der Waals surface area contributed by atoms with Crippen molar-refractivity contribution in [3.8, 4) is 0 Å². The molecule has 3 heterocycles. The van der Waals surface area contributed by atoms with E-state index in [4.69, 9.17) is 0 Å². The Morgan fingerprint density at radius 3 is 2.69 bits per heavy atom. The van der Waals surface area contributed by atoms with Gasteiger partial charge in [-0.05, 0) is 31.6 Å². The second-order valence-electron chi connectivity index (χ2n) is 7.85. The van der Waals surface area contributed by atoms with E-state index < -0.39 is 0 Å². The predicted molar refractivity (Wildman–Crippen MR) is 104 cm³/mol. The number of rotatable bonds is 5. The summed E-state index contributed by atoms with van der Waals surface area (Å²) in [5, 5.41) is 3.56. The lowest BCUT2D eigenvalue weighted by atomic mass is 9.95. The molecule has 0 spiro atoms. The number of aromatic nitrogens is 2. The lowest BCUT2D eigenvalue weighted by Crippen LogP contribution is -2.46. The molecule has 0 aromatic carbocycles. The van der Waals surface area contributed by atoms with Crippen LogP contribution in [0.4, 0.5) is 11.6 Å². The van der Waals surface area contributed by atoms with E-state index in [1.807, 2.05) is 30.0 Å². The number of carbonyl (C=O) groups is 1. The van der Waals surface area contributed by atoms with Crippen molar-refractivity contribution in [3.63, 3.8) is 0 Å². The summed E-state index contributed by atoms with van der Waals surface area (Å²) in [7, 11) is 3.98. The number of hydrogen-bond donors (Lipinski definition) is 1. The quantitative estimate of drug-likeness (QED) is 0.862. The van der Waals surface area contributed by atoms with Crippen molar-refractivity contribution in [1.29, 1.82) is 0 Å². The zero-order chi connectivity index (χ0) is 18.5. The van der Waals surface area contributed by atoms with E-state index in [1.165, 1.54) is 6.42 Å². The summed E-state index contributed by atoms with van der Waals surface area (Å²) in [6.45, 7) is 6.90. The third-order valence-electron chi connectivity index (χ3n) is 5.53. The highest BCUT2D eigenvalue weighted by molar-refractivity contribution is 5.73. The van der Waals surface area contributed by atoms with Gasteiger partial charge in [-0.3, -0.25) is 4.79 Å². The van der Waals surface area contributed by atoms with E-state index in [0.717, 1.165) is 63.6 Å². The highest BCUT2D eigenvalue weighted by Gasteiger charge is 2.26. The van der Waals surface area contributed by atoms with Crippen LogP contribution in [-0.4, -0.2) is 78.5 Å². The van der Waals surface area contributed by atoms with Crippen LogP contribution in [0.3, 0.4) is 0 Å². The van der Waals surface area contributed by atoms with Gasteiger partial charge in [0.05, 0.1) is 0 Å². The molecule has 26 heavy (non-hydrogen) atoms. The Morgan fingerprint density at radius 2 is 2.00 bits per heavy atom. The Bertz CT molecular complexity index is 599. The van der Waals surface area contributed by atoms with Crippen molar-refractivity contribution in [2.45, 2.75) is 38.6 Å². The van der Waals surface area contributed by atoms with Crippen molar-refractivity contribution in [3.05, 3.63) is 12.4 Å². The van der Waals surface area contributed by atoms with Gasteiger partial charge in [-0.1, -0.05) is 0 Å². The second kappa shape index (κ2) is 8.66. The number of anilines is 2. The zero-order valence-corrected chi connectivity index (χ0v) is 16.3. The molecule has 7 nitrogen and oxygen atoms in total. The standard InChI is InChI=1S/C19H32N6O/c1-15(26)25-8-4-5-16(13-25)12-24-9-6-17(7-10-24)22-18-11-19(23(2)3)21-14-20-18/h11,14,16-17H,4-10,12-13H2,1-3H3,(H,20,21,22). The minimum atomic E-state index is 0.222. The second-order valence-corrected chi connectivity index (χ2v) is 7.85. The zero-order valence-electron chi connectivity index (χ0n) is 16.3. The first-order valence-electron chi connectivity index (χ1n) is 9.75. The van der Waals surface area contributed by atoms with Crippen LogP contribution in [0, 0.1) is 5.92 Å². The highest BCUT2D eigenvalue weighted by Crippen LogP contribution is 2.21. The molecule has 2 aliphatic heterocycles. The monoisotopic (exact) mass is 360 g/mol. The van der Waals surface area contributed by atoms with Gasteiger partial charge < -0.3 is 20.0 Å². The van der Waals surface area contributed by atoms with Crippen molar-refractivity contribution in [2.75, 3.05) is 57.0 Å². The number of amides is 1. The van der Waals surface area contributed by atoms with Gasteiger partial charge in [0.25, 0.3) is 0 Å². The largest absolute Gasteiger partial charge is 0.367 e. The Balaban J connectivity index is 1.44. The molecule has 7 heteroatoms. The molecule has 1 unspecified atom stereocenters. The third kappa shape index (κ3) is 5.06. The number of likely N-dealkylation sites (tertiary alicyclic amines) is 2. The van der Waals surface area contributed by atoms with Crippen molar-refractivity contribution in [1.82, 2.24) is 19.8 Å². The fourth-order valence-corrected chi connectivity index (χ4v) is 4.00. The van der Waals surface area contributed by atoms with Crippen LogP contribution in [0.2, 0.25) is 0 Å². The van der Waals surface area contributed by atoms with Gasteiger partial charge in [0, 0.05) is 65.9 Å². The first-order chi connectivity index (χ1) is 12.5. The normalized spacial score (nSPS) is 22.3. The first-order valence-corrected chi connectivity index (χ1v) is 9.75. The summed E-state index contributed by atoms with van der Waals surface area (Å²) in [5.41, 5.74) is 0. The SMILES string of the molecule is CC(=O)N1CCCC(CN2CCC(Nc3cc(N(C)C)ncn3)CC2)C1. The Hall–Kier alpha value is -1.89. The molecule has 0 saturated carbocycles. The Kier molecular flexibility index (Phi) is 6.29. The van der Waals surface area contributed by atoms with Crippen LogP contribution in [0.25, 0.3) is 0 Å². The van der Waals surface area contributed by atoms with Gasteiger partial charge in [0.1, 0.15) is 18.0 Å². The molecule has 1 amide bonds. The molecule has 0 bridgehead atoms. The average molecular weight is 361 g/mol. The van der Waals surface area contributed by atoms with Crippen LogP contribution < -0.4 is 10.2 Å². The highest BCUT2D eigenvalue weighted by atomic mass is 16.2. The molecule has 1 aromatic rings. The molecule has 1 N–H and O–H groups in total. The molecule has 0 aliphatic carbocycles. The molecule has 0 radical (unpaired) electrons. The van der Waals surface area contributed by atoms with Crippen molar-refractivity contribution in [2.24, 2.45) is 5.92 Å². The summed E-state index contributed by atoms with van der Waals surface area (Å²) in [5.74, 6) is 2.68. The van der Waals surface area contributed by atoms with Crippen LogP contribution in [0.1, 0.15) is 32.6 Å². The maximum Gasteiger partial charge on any atom is 0.219 e. The first kappa shape index (κ1) is 18.9.